The van der Waals surface area contributed by atoms with Crippen molar-refractivity contribution in [3.63, 3.8) is 0 Å². The van der Waals surface area contributed by atoms with Gasteiger partial charge in [-0.2, -0.15) is 0 Å². The second-order valence-corrected chi connectivity index (χ2v) is 20.4. The topological polar surface area (TPSA) is 78.4 Å². The predicted octanol–water partition coefficient (Wildman–Crippen LogP) is 12.0. The van der Waals surface area contributed by atoms with E-state index in [0.717, 1.165) is 95.5 Å². The molecule has 0 N–H and O–H groups in total. The van der Waals surface area contributed by atoms with Crippen LogP contribution in [0.25, 0.3) is 10.9 Å². The first-order valence-electron chi connectivity index (χ1n) is 24.9. The summed E-state index contributed by atoms with van der Waals surface area (Å²) in [4.78, 5) is 12.0. The molecule has 65 heavy (non-hydrogen) atoms. The molecule has 3 aliphatic heterocycles. The first-order valence-corrected chi connectivity index (χ1v) is 26.4. The summed E-state index contributed by atoms with van der Waals surface area (Å²) in [6.07, 6.45) is 19.3. The third-order valence-corrected chi connectivity index (χ3v) is 15.8. The Kier molecular flexibility index (Phi) is 19.8. The van der Waals surface area contributed by atoms with Crippen LogP contribution in [-0.2, 0) is 9.84 Å². The number of likely N-dealkylation sites (tertiary alicyclic amines) is 1. The van der Waals surface area contributed by atoms with Crippen molar-refractivity contribution in [2.45, 2.75) is 171 Å². The highest BCUT2D eigenvalue weighted by atomic mass is 32.2. The number of anilines is 1. The molecule has 0 spiro atoms. The SMILES string of the molecule is CCCCCCCCCCCCCCCCCCOc1cc(F)c(S(=O)(=O)c2cnc3ccc(OC(F)(F)F)cc3c2N2CCC(N3CCN(C4CCN(CC)CC4)CC3)CC2)c(F)c1. The molecule has 0 bridgehead atoms. The summed E-state index contributed by atoms with van der Waals surface area (Å²) in [5.74, 6) is -3.31. The van der Waals surface area contributed by atoms with Crippen LogP contribution in [0.2, 0.25) is 0 Å². The average Bonchev–Trinajstić information content (AvgIpc) is 3.29. The van der Waals surface area contributed by atoms with Gasteiger partial charge >= 0.3 is 6.36 Å². The molecule has 0 amide bonds. The van der Waals surface area contributed by atoms with Gasteiger partial charge in [-0.25, -0.2) is 17.2 Å². The summed E-state index contributed by atoms with van der Waals surface area (Å²) in [7, 11) is -4.94. The average molecular weight is 936 g/mol. The summed E-state index contributed by atoms with van der Waals surface area (Å²) in [6.45, 7) is 12.6. The number of hydrogen-bond donors (Lipinski definition) is 0. The number of ether oxygens (including phenoxy) is 2. The zero-order valence-electron chi connectivity index (χ0n) is 39.0. The maximum Gasteiger partial charge on any atom is 0.573 e. The highest BCUT2D eigenvalue weighted by Crippen LogP contribution is 2.41. The third kappa shape index (κ3) is 14.9. The summed E-state index contributed by atoms with van der Waals surface area (Å²) in [6, 6.07) is 6.12. The number of unbranched alkanes of at least 4 members (excludes halogenated alkanes) is 15. The molecule has 1 aromatic heterocycles. The van der Waals surface area contributed by atoms with Gasteiger partial charge in [0.05, 0.1) is 17.8 Å². The quantitative estimate of drug-likeness (QED) is 0.0610. The number of alkyl halides is 3. The number of benzene rings is 2. The van der Waals surface area contributed by atoms with Crippen LogP contribution in [0.5, 0.6) is 11.5 Å². The smallest absolute Gasteiger partial charge is 0.493 e. The number of halogens is 5. The highest BCUT2D eigenvalue weighted by molar-refractivity contribution is 7.91. The maximum atomic E-state index is 15.9. The van der Waals surface area contributed by atoms with Gasteiger partial charge in [0.15, 0.2) is 0 Å². The van der Waals surface area contributed by atoms with Crippen LogP contribution in [0.3, 0.4) is 0 Å². The van der Waals surface area contributed by atoms with Gasteiger partial charge in [-0.3, -0.25) is 14.8 Å². The fourth-order valence-corrected chi connectivity index (χ4v) is 11.7. The fourth-order valence-electron chi connectivity index (χ4n) is 10.2. The van der Waals surface area contributed by atoms with Crippen molar-refractivity contribution in [3.05, 3.63) is 48.2 Å². The van der Waals surface area contributed by atoms with Crippen molar-refractivity contribution < 1.29 is 39.8 Å². The van der Waals surface area contributed by atoms with Crippen LogP contribution in [0.4, 0.5) is 27.6 Å². The molecule has 3 saturated heterocycles. The molecule has 0 aliphatic carbocycles. The first kappa shape index (κ1) is 51.1. The monoisotopic (exact) mass is 936 g/mol. The van der Waals surface area contributed by atoms with E-state index in [4.69, 9.17) is 4.74 Å². The molecule has 9 nitrogen and oxygen atoms in total. The number of fused-ring (bicyclic) bond motifs is 1. The van der Waals surface area contributed by atoms with Crippen molar-refractivity contribution in [2.24, 2.45) is 0 Å². The Morgan fingerprint density at radius 3 is 1.63 bits per heavy atom. The van der Waals surface area contributed by atoms with Crippen molar-refractivity contribution in [1.29, 1.82) is 0 Å². The molecule has 4 heterocycles. The Morgan fingerprint density at radius 1 is 0.646 bits per heavy atom. The Labute approximate surface area is 385 Å². The molecule has 0 saturated carbocycles. The number of hydrogen-bond acceptors (Lipinski definition) is 9. The van der Waals surface area contributed by atoms with E-state index < -0.39 is 43.4 Å². The van der Waals surface area contributed by atoms with Crippen LogP contribution in [0, 0.1) is 11.6 Å². The molecule has 3 fully saturated rings. The lowest BCUT2D eigenvalue weighted by Crippen LogP contribution is -2.56. The van der Waals surface area contributed by atoms with Crippen LogP contribution in [0.1, 0.15) is 142 Å². The van der Waals surface area contributed by atoms with Gasteiger partial charge in [0, 0.05) is 75.1 Å². The number of piperazine rings is 1. The minimum absolute atomic E-state index is 0.0481. The first-order chi connectivity index (χ1) is 31.4. The van der Waals surface area contributed by atoms with E-state index in [2.05, 4.69) is 38.3 Å². The Morgan fingerprint density at radius 2 is 1.14 bits per heavy atom. The molecule has 3 aromatic rings. The van der Waals surface area contributed by atoms with Crippen LogP contribution < -0.4 is 14.4 Å². The molecular formula is C50H74F5N5O4S. The molecule has 0 radical (unpaired) electrons. The van der Waals surface area contributed by atoms with Gasteiger partial charge < -0.3 is 19.3 Å². The van der Waals surface area contributed by atoms with E-state index in [9.17, 15) is 21.6 Å². The highest BCUT2D eigenvalue weighted by Gasteiger charge is 2.37. The van der Waals surface area contributed by atoms with Crippen LogP contribution >= 0.6 is 0 Å². The van der Waals surface area contributed by atoms with Crippen molar-refractivity contribution in [2.75, 3.05) is 70.4 Å². The second-order valence-electron chi connectivity index (χ2n) is 18.5. The molecule has 0 unspecified atom stereocenters. The standard InChI is InChI=1S/C50H74F5N5O4S/c1-3-5-6-7-8-9-10-11-12-13-14-15-16-17-18-19-34-63-42-36-44(51)49(45(52)37-42)65(61,62)47-38-56-46-21-20-41(64-50(53,54)55)35-43(46)48(47)60-28-24-40(25-29-60)59-32-30-58(31-33-59)39-22-26-57(4-2)27-23-39/h20-21,35-40H,3-19,22-34H2,1-2H3. The van der Waals surface area contributed by atoms with Gasteiger partial charge in [0.2, 0.25) is 9.84 Å². The predicted molar refractivity (Wildman–Crippen MR) is 249 cm³/mol. The second kappa shape index (κ2) is 25.2. The fraction of sp³-hybridized carbons (Fsp3) is 0.700. The number of nitrogens with zero attached hydrogens (tertiary/aromatic N) is 5. The minimum Gasteiger partial charge on any atom is -0.493 e. The molecular weight excluding hydrogens is 862 g/mol. The number of piperidine rings is 2. The Bertz CT molecular complexity index is 1990. The molecule has 364 valence electrons. The Balaban J connectivity index is 1.05. The van der Waals surface area contributed by atoms with Crippen molar-refractivity contribution in [3.8, 4) is 11.5 Å². The molecule has 6 rings (SSSR count). The third-order valence-electron chi connectivity index (χ3n) is 14.0. The van der Waals surface area contributed by atoms with Crippen LogP contribution in [0.15, 0.2) is 46.3 Å². The van der Waals surface area contributed by atoms with E-state index in [1.807, 2.05) is 0 Å². The normalized spacial score (nSPS) is 17.9. The van der Waals surface area contributed by atoms with Gasteiger partial charge in [-0.1, -0.05) is 110 Å². The van der Waals surface area contributed by atoms with E-state index in [0.29, 0.717) is 38.4 Å². The lowest BCUT2D eigenvalue weighted by molar-refractivity contribution is -0.274. The number of sulfone groups is 1. The van der Waals surface area contributed by atoms with E-state index in [1.165, 1.54) is 96.0 Å². The molecule has 2 aromatic carbocycles. The molecule has 15 heteroatoms. The van der Waals surface area contributed by atoms with Gasteiger partial charge in [-0.15, -0.1) is 13.2 Å². The lowest BCUT2D eigenvalue weighted by Gasteiger charge is -2.46. The van der Waals surface area contributed by atoms with Crippen molar-refractivity contribution >= 4 is 26.4 Å². The molecule has 3 aliphatic rings. The number of rotatable bonds is 25. The van der Waals surface area contributed by atoms with Gasteiger partial charge in [0.1, 0.15) is 32.9 Å². The summed E-state index contributed by atoms with van der Waals surface area (Å²) in [5, 5.41) is 0.0774. The zero-order chi connectivity index (χ0) is 46.2. The van der Waals surface area contributed by atoms with Gasteiger partial charge in [-0.05, 0) is 69.9 Å². The van der Waals surface area contributed by atoms with Gasteiger partial charge in [0.25, 0.3) is 0 Å². The van der Waals surface area contributed by atoms with E-state index >= 15 is 8.78 Å². The van der Waals surface area contributed by atoms with E-state index in [1.54, 1.807) is 4.90 Å². The largest absolute Gasteiger partial charge is 0.573 e. The summed E-state index contributed by atoms with van der Waals surface area (Å²) in [5.41, 5.74) is 0.266. The van der Waals surface area contributed by atoms with E-state index in [-0.39, 0.29) is 35.0 Å². The van der Waals surface area contributed by atoms with Crippen LogP contribution in [-0.4, -0.2) is 112 Å². The minimum atomic E-state index is -5.00. The number of aromatic nitrogens is 1. The number of pyridine rings is 1. The molecule has 0 atom stereocenters. The summed E-state index contributed by atoms with van der Waals surface area (Å²) < 4.78 is 111. The Hall–Kier alpha value is -3.27. The summed E-state index contributed by atoms with van der Waals surface area (Å²) >= 11 is 0. The van der Waals surface area contributed by atoms with Crippen molar-refractivity contribution in [1.82, 2.24) is 19.7 Å². The maximum absolute atomic E-state index is 15.9. The zero-order valence-corrected chi connectivity index (χ0v) is 39.8. The lowest BCUT2D eigenvalue weighted by atomic mass is 9.99.